The molecule has 26 heavy (non-hydrogen) atoms. The lowest BCUT2D eigenvalue weighted by atomic mass is 9.85. The van der Waals surface area contributed by atoms with Crippen molar-refractivity contribution in [2.24, 2.45) is 0 Å². The number of anilines is 1. The lowest BCUT2D eigenvalue weighted by Gasteiger charge is -2.34. The Morgan fingerprint density at radius 1 is 1.38 bits per heavy atom. The number of alkyl halides is 1. The highest BCUT2D eigenvalue weighted by atomic mass is 79.9. The highest BCUT2D eigenvalue weighted by Crippen LogP contribution is 2.55. The molecule has 1 saturated carbocycles. The number of fused-ring (bicyclic) bond motifs is 2. The van der Waals surface area contributed by atoms with Crippen LogP contribution in [0.15, 0.2) is 35.1 Å². The van der Waals surface area contributed by atoms with Crippen LogP contribution in [0.2, 0.25) is 0 Å². The van der Waals surface area contributed by atoms with E-state index >= 15 is 0 Å². The third-order valence-corrected chi connectivity index (χ3v) is 5.33. The first kappa shape index (κ1) is 17.0. The van der Waals surface area contributed by atoms with E-state index in [1.807, 2.05) is 0 Å². The molecule has 4 rings (SSSR count). The SMILES string of the molecule is O=C(CN1C[C@]2(C[C@H]2F)c2c(ccc(Br)c2F)C1=O)Nc1ncccn1. The summed E-state index contributed by atoms with van der Waals surface area (Å²) in [6.45, 7) is -0.334. The number of nitrogens with one attached hydrogen (secondary N) is 1. The van der Waals surface area contributed by atoms with E-state index in [0.717, 1.165) is 0 Å². The summed E-state index contributed by atoms with van der Waals surface area (Å²) >= 11 is 3.09. The van der Waals surface area contributed by atoms with Crippen LogP contribution in [0.3, 0.4) is 0 Å². The maximum absolute atomic E-state index is 14.6. The summed E-state index contributed by atoms with van der Waals surface area (Å²) in [6, 6.07) is 4.48. The van der Waals surface area contributed by atoms with Crippen LogP contribution in [-0.4, -0.2) is 45.9 Å². The lowest BCUT2D eigenvalue weighted by Crippen LogP contribution is -2.48. The van der Waals surface area contributed by atoms with Crippen molar-refractivity contribution in [2.45, 2.75) is 18.0 Å². The Morgan fingerprint density at radius 2 is 2.08 bits per heavy atom. The molecule has 1 fully saturated rings. The minimum atomic E-state index is -1.25. The molecule has 2 atom stereocenters. The van der Waals surface area contributed by atoms with E-state index in [-0.39, 0.29) is 41.1 Å². The van der Waals surface area contributed by atoms with Gasteiger partial charge in [-0.3, -0.25) is 14.9 Å². The van der Waals surface area contributed by atoms with Gasteiger partial charge in [0.15, 0.2) is 0 Å². The molecule has 0 bridgehead atoms. The lowest BCUT2D eigenvalue weighted by molar-refractivity contribution is -0.117. The average molecular weight is 423 g/mol. The van der Waals surface area contributed by atoms with Crippen molar-refractivity contribution in [3.8, 4) is 0 Å². The van der Waals surface area contributed by atoms with E-state index in [1.54, 1.807) is 6.07 Å². The average Bonchev–Trinajstić information content (AvgIpc) is 3.25. The number of amides is 2. The second-order valence-corrected chi connectivity index (χ2v) is 7.25. The first-order valence-electron chi connectivity index (χ1n) is 7.91. The van der Waals surface area contributed by atoms with Gasteiger partial charge in [-0.1, -0.05) is 0 Å². The molecule has 2 heterocycles. The van der Waals surface area contributed by atoms with E-state index in [1.165, 1.54) is 29.4 Å². The molecule has 9 heteroatoms. The summed E-state index contributed by atoms with van der Waals surface area (Å²) in [7, 11) is 0. The van der Waals surface area contributed by atoms with Crippen LogP contribution < -0.4 is 5.32 Å². The third kappa shape index (κ3) is 2.66. The second kappa shape index (κ2) is 6.08. The van der Waals surface area contributed by atoms with E-state index in [0.29, 0.717) is 0 Å². The number of benzene rings is 1. The van der Waals surface area contributed by atoms with Crippen molar-refractivity contribution in [3.05, 3.63) is 52.0 Å². The molecular formula is C17H13BrF2N4O2. The highest BCUT2D eigenvalue weighted by molar-refractivity contribution is 9.10. The summed E-state index contributed by atoms with van der Waals surface area (Å²) in [4.78, 5) is 33.9. The number of hydrogen-bond acceptors (Lipinski definition) is 4. The summed E-state index contributed by atoms with van der Waals surface area (Å²) in [5.41, 5.74) is -0.881. The quantitative estimate of drug-likeness (QED) is 0.823. The van der Waals surface area contributed by atoms with Crippen molar-refractivity contribution in [2.75, 3.05) is 18.4 Å². The predicted octanol–water partition coefficient (Wildman–Crippen LogP) is 2.45. The molecule has 1 aromatic carbocycles. The van der Waals surface area contributed by atoms with Gasteiger partial charge in [-0.2, -0.15) is 0 Å². The van der Waals surface area contributed by atoms with E-state index < -0.39 is 29.2 Å². The summed E-state index contributed by atoms with van der Waals surface area (Å²) in [5.74, 6) is -1.50. The molecule has 0 radical (unpaired) electrons. The van der Waals surface area contributed by atoms with Crippen LogP contribution in [0.5, 0.6) is 0 Å². The van der Waals surface area contributed by atoms with Crippen LogP contribution in [0.4, 0.5) is 14.7 Å². The zero-order chi connectivity index (χ0) is 18.5. The topological polar surface area (TPSA) is 75.2 Å². The Balaban J connectivity index is 1.60. The molecule has 1 aliphatic heterocycles. The molecule has 2 aliphatic rings. The molecule has 6 nitrogen and oxygen atoms in total. The fourth-order valence-electron chi connectivity index (χ4n) is 3.39. The van der Waals surface area contributed by atoms with Crippen molar-refractivity contribution in [3.63, 3.8) is 0 Å². The van der Waals surface area contributed by atoms with Gasteiger partial charge >= 0.3 is 0 Å². The molecule has 1 N–H and O–H groups in total. The van der Waals surface area contributed by atoms with Gasteiger partial charge in [0.25, 0.3) is 5.91 Å². The van der Waals surface area contributed by atoms with Gasteiger partial charge in [0.1, 0.15) is 18.5 Å². The molecule has 1 aliphatic carbocycles. The zero-order valence-electron chi connectivity index (χ0n) is 13.4. The number of hydrogen-bond donors (Lipinski definition) is 1. The summed E-state index contributed by atoms with van der Waals surface area (Å²) in [5, 5.41) is 2.48. The third-order valence-electron chi connectivity index (χ3n) is 4.72. The van der Waals surface area contributed by atoms with Crippen LogP contribution in [-0.2, 0) is 10.2 Å². The van der Waals surface area contributed by atoms with Gasteiger partial charge in [0, 0.05) is 30.1 Å². The van der Waals surface area contributed by atoms with E-state index in [4.69, 9.17) is 0 Å². The molecule has 1 aromatic heterocycles. The van der Waals surface area contributed by atoms with Crippen LogP contribution in [0.25, 0.3) is 0 Å². The zero-order valence-corrected chi connectivity index (χ0v) is 15.0. The Kier molecular flexibility index (Phi) is 3.98. The molecule has 0 saturated heterocycles. The Labute approximate surface area is 155 Å². The number of rotatable bonds is 3. The minimum absolute atomic E-state index is 0.0452. The number of carbonyl (C=O) groups is 2. The molecule has 0 unspecified atom stereocenters. The van der Waals surface area contributed by atoms with Gasteiger partial charge in [-0.15, -0.1) is 0 Å². The first-order chi connectivity index (χ1) is 12.4. The standard InChI is InChI=1S/C17H13BrF2N4O2/c18-10-3-2-9-13(14(10)20)17(6-11(17)19)8-24(15(9)26)7-12(25)23-16-21-4-1-5-22-16/h1-5,11H,6-8H2,(H,21,22,23,25)/t11-,17+/m1/s1. The van der Waals surface area contributed by atoms with Gasteiger partial charge in [0.05, 0.1) is 9.89 Å². The van der Waals surface area contributed by atoms with Crippen LogP contribution in [0, 0.1) is 5.82 Å². The molecule has 2 aromatic rings. The molecule has 2 amide bonds. The summed E-state index contributed by atoms with van der Waals surface area (Å²) < 4.78 is 28.9. The van der Waals surface area contributed by atoms with Crippen molar-refractivity contribution in [1.29, 1.82) is 0 Å². The monoisotopic (exact) mass is 422 g/mol. The van der Waals surface area contributed by atoms with E-state index in [9.17, 15) is 18.4 Å². The first-order valence-corrected chi connectivity index (χ1v) is 8.70. The maximum atomic E-state index is 14.6. The van der Waals surface area contributed by atoms with Crippen LogP contribution >= 0.6 is 15.9 Å². The fraction of sp³-hybridized carbons (Fsp3) is 0.294. The van der Waals surface area contributed by atoms with Gasteiger partial charge in [-0.05, 0) is 40.5 Å². The Hall–Kier alpha value is -2.42. The van der Waals surface area contributed by atoms with E-state index in [2.05, 4.69) is 31.2 Å². The summed E-state index contributed by atoms with van der Waals surface area (Å²) in [6.07, 6.45) is 1.82. The largest absolute Gasteiger partial charge is 0.328 e. The number of carbonyl (C=O) groups excluding carboxylic acids is 2. The predicted molar refractivity (Wildman–Crippen MR) is 91.9 cm³/mol. The molecule has 134 valence electrons. The van der Waals surface area contributed by atoms with Crippen molar-refractivity contribution >= 4 is 33.7 Å². The normalized spacial score (nSPS) is 23.7. The molecule has 1 spiro atoms. The maximum Gasteiger partial charge on any atom is 0.254 e. The Morgan fingerprint density at radius 3 is 2.73 bits per heavy atom. The second-order valence-electron chi connectivity index (χ2n) is 6.39. The van der Waals surface area contributed by atoms with Gasteiger partial charge in [0.2, 0.25) is 11.9 Å². The number of halogens is 3. The fourth-order valence-corrected chi connectivity index (χ4v) is 3.72. The van der Waals surface area contributed by atoms with Gasteiger partial charge in [-0.25, -0.2) is 18.7 Å². The minimum Gasteiger partial charge on any atom is -0.328 e. The van der Waals surface area contributed by atoms with Crippen molar-refractivity contribution < 1.29 is 18.4 Å². The van der Waals surface area contributed by atoms with Crippen molar-refractivity contribution in [1.82, 2.24) is 14.9 Å². The number of nitrogens with zero attached hydrogens (tertiary/aromatic N) is 3. The van der Waals surface area contributed by atoms with Crippen LogP contribution in [0.1, 0.15) is 22.3 Å². The molecular weight excluding hydrogens is 410 g/mol. The smallest absolute Gasteiger partial charge is 0.254 e. The number of aromatic nitrogens is 2. The highest BCUT2D eigenvalue weighted by Gasteiger charge is 2.62. The van der Waals surface area contributed by atoms with Gasteiger partial charge < -0.3 is 4.90 Å². The Bertz CT molecular complexity index is 911.